The number of piperazine rings is 1. The topological polar surface area (TPSA) is 99.3 Å². The molecule has 2 fully saturated rings. The van der Waals surface area contributed by atoms with E-state index in [0.717, 1.165) is 37.4 Å². The molecule has 9 heteroatoms. The first-order chi connectivity index (χ1) is 13.1. The lowest BCUT2D eigenvalue weighted by molar-refractivity contribution is -0.200. The Morgan fingerprint density at radius 1 is 1.15 bits per heavy atom. The molecule has 0 bridgehead atoms. The van der Waals surface area contributed by atoms with Crippen LogP contribution in [0.3, 0.4) is 0 Å². The van der Waals surface area contributed by atoms with Crippen molar-refractivity contribution >= 4 is 29.9 Å². The van der Waals surface area contributed by atoms with Gasteiger partial charge < -0.3 is 20.0 Å². The summed E-state index contributed by atoms with van der Waals surface area (Å²) < 4.78 is 0. The second-order valence-corrected chi connectivity index (χ2v) is 6.79. The van der Waals surface area contributed by atoms with Gasteiger partial charge in [0.05, 0.1) is 0 Å². The molecule has 1 aromatic carbocycles. The zero-order chi connectivity index (χ0) is 19.0. The Bertz CT molecular complexity index is 805. The van der Waals surface area contributed by atoms with Crippen molar-refractivity contribution in [2.24, 2.45) is 0 Å². The minimum absolute atomic E-state index is 0.0381. The van der Waals surface area contributed by atoms with Crippen LogP contribution in [0.4, 0.5) is 5.69 Å². The number of hydroxylamine groups is 2. The number of piperidine rings is 1. The number of amides is 3. The highest BCUT2D eigenvalue weighted by Gasteiger charge is 2.44. The lowest BCUT2D eigenvalue weighted by atomic mass is 10.0. The van der Waals surface area contributed by atoms with Crippen LogP contribution in [-0.2, 0) is 25.8 Å². The average Bonchev–Trinajstić information content (AvgIpc) is 3.02. The van der Waals surface area contributed by atoms with Gasteiger partial charge in [-0.2, -0.15) is 0 Å². The average molecular weight is 372 g/mol. The van der Waals surface area contributed by atoms with Gasteiger partial charge in [0.25, 0.3) is 17.7 Å². The number of nitrogens with zero attached hydrogens (tertiary/aromatic N) is 3. The van der Waals surface area contributed by atoms with Crippen molar-refractivity contribution in [2.45, 2.75) is 25.4 Å². The van der Waals surface area contributed by atoms with E-state index in [1.165, 1.54) is 4.90 Å². The number of carbonyl (C=O) groups is 4. The normalized spacial score (nSPS) is 22.9. The highest BCUT2D eigenvalue weighted by molar-refractivity contribution is 6.05. The number of anilines is 1. The van der Waals surface area contributed by atoms with Crippen LogP contribution in [0, 0.1) is 0 Å². The number of fused-ring (bicyclic) bond motifs is 1. The molecule has 1 unspecified atom stereocenters. The Hall–Kier alpha value is -2.94. The molecular weight excluding hydrogens is 352 g/mol. The van der Waals surface area contributed by atoms with Crippen LogP contribution in [0.25, 0.3) is 0 Å². The molecule has 1 aromatic rings. The molecule has 3 heterocycles. The number of hydrogen-bond acceptors (Lipinski definition) is 7. The summed E-state index contributed by atoms with van der Waals surface area (Å²) in [7, 11) is 0. The van der Waals surface area contributed by atoms with E-state index in [2.05, 4.69) is 15.1 Å². The Kier molecular flexibility index (Phi) is 4.53. The fraction of sp³-hybridized carbons (Fsp3) is 0.444. The maximum Gasteiger partial charge on any atom is 0.321 e. The largest absolute Gasteiger partial charge is 0.369 e. The van der Waals surface area contributed by atoms with Crippen LogP contribution in [0.15, 0.2) is 18.2 Å². The third kappa shape index (κ3) is 3.03. The standard InChI is InChI=1S/C18H20N4O5/c23-11-27-22-16(24)4-3-15(18(22)26)21-10-12-9-13(1-2-14(12)17(21)25)20-7-5-19-6-8-20/h1-2,9,11,15,19H,3-8,10H2. The molecular formula is C18H20N4O5. The molecule has 0 spiro atoms. The molecule has 3 aliphatic rings. The maximum absolute atomic E-state index is 12.8. The molecule has 2 saturated heterocycles. The summed E-state index contributed by atoms with van der Waals surface area (Å²) in [5, 5.41) is 3.77. The number of hydrogen-bond donors (Lipinski definition) is 1. The first-order valence-electron chi connectivity index (χ1n) is 8.97. The Balaban J connectivity index is 1.55. The van der Waals surface area contributed by atoms with Gasteiger partial charge in [0, 0.05) is 50.4 Å². The van der Waals surface area contributed by atoms with Crippen molar-refractivity contribution in [3.05, 3.63) is 29.3 Å². The maximum atomic E-state index is 12.8. The SMILES string of the molecule is O=CON1C(=O)CCC(N2Cc3cc(N4CCNCC4)ccc3C2=O)C1=O. The predicted octanol–water partition coefficient (Wildman–Crippen LogP) is -0.342. The summed E-state index contributed by atoms with van der Waals surface area (Å²) in [5.74, 6) is -1.49. The van der Waals surface area contributed by atoms with Gasteiger partial charge in [-0.15, -0.1) is 5.06 Å². The number of nitrogens with one attached hydrogen (secondary N) is 1. The van der Waals surface area contributed by atoms with Crippen molar-refractivity contribution in [3.63, 3.8) is 0 Å². The van der Waals surface area contributed by atoms with Gasteiger partial charge in [0.1, 0.15) is 6.04 Å². The molecule has 3 aliphatic heterocycles. The van der Waals surface area contributed by atoms with Crippen LogP contribution in [0.1, 0.15) is 28.8 Å². The predicted molar refractivity (Wildman–Crippen MR) is 93.4 cm³/mol. The smallest absolute Gasteiger partial charge is 0.321 e. The van der Waals surface area contributed by atoms with Crippen molar-refractivity contribution < 1.29 is 24.0 Å². The van der Waals surface area contributed by atoms with Crippen LogP contribution in [-0.4, -0.2) is 66.4 Å². The van der Waals surface area contributed by atoms with E-state index in [4.69, 9.17) is 0 Å². The van der Waals surface area contributed by atoms with Gasteiger partial charge in [0.15, 0.2) is 0 Å². The van der Waals surface area contributed by atoms with E-state index in [1.807, 2.05) is 12.1 Å². The van der Waals surface area contributed by atoms with E-state index in [9.17, 15) is 19.2 Å². The summed E-state index contributed by atoms with van der Waals surface area (Å²) in [6.45, 7) is 3.97. The van der Waals surface area contributed by atoms with E-state index in [1.54, 1.807) is 6.07 Å². The fourth-order valence-corrected chi connectivity index (χ4v) is 3.89. The Labute approximate surface area is 155 Å². The monoisotopic (exact) mass is 372 g/mol. The molecule has 4 rings (SSSR count). The van der Waals surface area contributed by atoms with Crippen molar-refractivity contribution in [1.82, 2.24) is 15.3 Å². The van der Waals surface area contributed by atoms with Crippen LogP contribution >= 0.6 is 0 Å². The summed E-state index contributed by atoms with van der Waals surface area (Å²) in [5.41, 5.74) is 2.49. The third-order valence-corrected chi connectivity index (χ3v) is 5.27. The van der Waals surface area contributed by atoms with Gasteiger partial charge in [-0.1, -0.05) is 0 Å². The van der Waals surface area contributed by atoms with Gasteiger partial charge >= 0.3 is 6.47 Å². The zero-order valence-corrected chi connectivity index (χ0v) is 14.7. The minimum Gasteiger partial charge on any atom is -0.369 e. The van der Waals surface area contributed by atoms with E-state index in [-0.39, 0.29) is 25.2 Å². The summed E-state index contributed by atoms with van der Waals surface area (Å²) in [6, 6.07) is 4.91. The minimum atomic E-state index is -0.815. The van der Waals surface area contributed by atoms with Gasteiger partial charge in [0.2, 0.25) is 0 Å². The fourth-order valence-electron chi connectivity index (χ4n) is 3.89. The Morgan fingerprint density at radius 3 is 2.67 bits per heavy atom. The molecule has 0 aromatic heterocycles. The first-order valence-corrected chi connectivity index (χ1v) is 8.97. The number of imide groups is 1. The molecule has 1 N–H and O–H groups in total. The van der Waals surface area contributed by atoms with Crippen LogP contribution in [0.5, 0.6) is 0 Å². The van der Waals surface area contributed by atoms with E-state index < -0.39 is 17.9 Å². The van der Waals surface area contributed by atoms with Crippen LogP contribution in [0.2, 0.25) is 0 Å². The molecule has 0 radical (unpaired) electrons. The first kappa shape index (κ1) is 17.5. The summed E-state index contributed by atoms with van der Waals surface area (Å²) >= 11 is 0. The number of carbonyl (C=O) groups excluding carboxylic acids is 4. The highest BCUT2D eigenvalue weighted by Crippen LogP contribution is 2.31. The second-order valence-electron chi connectivity index (χ2n) is 6.79. The highest BCUT2D eigenvalue weighted by atomic mass is 16.7. The molecule has 27 heavy (non-hydrogen) atoms. The van der Waals surface area contributed by atoms with Gasteiger partial charge in [-0.05, 0) is 30.2 Å². The number of rotatable bonds is 4. The lowest BCUT2D eigenvalue weighted by Crippen LogP contribution is -2.54. The molecule has 3 amide bonds. The summed E-state index contributed by atoms with van der Waals surface area (Å²) in [6.07, 6.45) is 0.261. The van der Waals surface area contributed by atoms with Crippen molar-refractivity contribution in [2.75, 3.05) is 31.1 Å². The lowest BCUT2D eigenvalue weighted by Gasteiger charge is -2.33. The van der Waals surface area contributed by atoms with E-state index in [0.29, 0.717) is 17.2 Å². The molecule has 9 nitrogen and oxygen atoms in total. The molecule has 1 atom stereocenters. The quantitative estimate of drug-likeness (QED) is 0.570. The van der Waals surface area contributed by atoms with E-state index >= 15 is 0 Å². The summed E-state index contributed by atoms with van der Waals surface area (Å²) in [4.78, 5) is 55.9. The zero-order valence-electron chi connectivity index (χ0n) is 14.7. The van der Waals surface area contributed by atoms with Crippen molar-refractivity contribution in [3.8, 4) is 0 Å². The third-order valence-electron chi connectivity index (χ3n) is 5.27. The van der Waals surface area contributed by atoms with Crippen molar-refractivity contribution in [1.29, 1.82) is 0 Å². The molecule has 142 valence electrons. The van der Waals surface area contributed by atoms with Gasteiger partial charge in [-0.3, -0.25) is 19.2 Å². The molecule has 0 saturated carbocycles. The van der Waals surface area contributed by atoms with Gasteiger partial charge in [-0.25, -0.2) is 0 Å². The number of benzene rings is 1. The van der Waals surface area contributed by atoms with Crippen LogP contribution < -0.4 is 10.2 Å². The second kappa shape index (κ2) is 6.99. The molecule has 0 aliphatic carbocycles. The Morgan fingerprint density at radius 2 is 1.93 bits per heavy atom.